The van der Waals surface area contributed by atoms with Crippen LogP contribution in [0.2, 0.25) is 0 Å². The predicted octanol–water partition coefficient (Wildman–Crippen LogP) is 6.33. The third kappa shape index (κ3) is 7.20. The number of nitro benzene ring substituents is 1. The molecule has 180 valence electrons. The van der Waals surface area contributed by atoms with Crippen molar-refractivity contribution in [1.82, 2.24) is 4.57 Å². The number of aryl methyl sites for hydroxylation is 1. The third-order valence-corrected chi connectivity index (χ3v) is 5.55. The molecule has 1 heterocycles. The lowest BCUT2D eigenvalue weighted by atomic mass is 10.1. The van der Waals surface area contributed by atoms with Crippen molar-refractivity contribution in [3.63, 3.8) is 0 Å². The highest BCUT2D eigenvalue weighted by Gasteiger charge is 2.21. The van der Waals surface area contributed by atoms with Crippen molar-refractivity contribution >= 4 is 16.6 Å². The maximum Gasteiger partial charge on any atom is 0.297 e. The molecule has 7 nitrogen and oxygen atoms in total. The molecule has 1 aromatic heterocycles. The number of benzene rings is 1. The van der Waals surface area contributed by atoms with E-state index in [9.17, 15) is 14.9 Å². The van der Waals surface area contributed by atoms with E-state index in [1.165, 1.54) is 27.8 Å². The molecule has 2 rings (SSSR count). The first-order valence-electron chi connectivity index (χ1n) is 11.5. The van der Waals surface area contributed by atoms with Crippen molar-refractivity contribution < 1.29 is 14.4 Å². The minimum absolute atomic E-state index is 0.0799. The lowest BCUT2D eigenvalue weighted by Gasteiger charge is -2.18. The van der Waals surface area contributed by atoms with Gasteiger partial charge < -0.3 is 14.0 Å². The lowest BCUT2D eigenvalue weighted by Crippen LogP contribution is -2.23. The van der Waals surface area contributed by atoms with Gasteiger partial charge in [0.05, 0.1) is 17.0 Å². The molecule has 0 saturated carbocycles. The van der Waals surface area contributed by atoms with Gasteiger partial charge in [0.2, 0.25) is 5.75 Å². The van der Waals surface area contributed by atoms with Gasteiger partial charge in [0.1, 0.15) is 6.61 Å². The Balaban J connectivity index is 2.43. The molecule has 0 radical (unpaired) electrons. The Morgan fingerprint density at radius 2 is 1.91 bits per heavy atom. The summed E-state index contributed by atoms with van der Waals surface area (Å²) in [5.41, 5.74) is 2.46. The van der Waals surface area contributed by atoms with Gasteiger partial charge in [-0.2, -0.15) is 0 Å². The average molecular weight is 457 g/mol. The normalized spacial score (nSPS) is 12.5. The molecule has 7 heteroatoms. The number of rotatable bonds is 12. The van der Waals surface area contributed by atoms with Crippen LogP contribution >= 0.6 is 0 Å². The van der Waals surface area contributed by atoms with Crippen LogP contribution in [0.3, 0.4) is 0 Å². The zero-order valence-electron chi connectivity index (χ0n) is 20.6. The van der Waals surface area contributed by atoms with Gasteiger partial charge in [-0.3, -0.25) is 14.9 Å². The van der Waals surface area contributed by atoms with Gasteiger partial charge in [0, 0.05) is 24.6 Å². The summed E-state index contributed by atoms with van der Waals surface area (Å²) in [5.74, 6) is 0.773. The van der Waals surface area contributed by atoms with E-state index >= 15 is 0 Å². The zero-order chi connectivity index (χ0) is 24.5. The zero-order valence-corrected chi connectivity index (χ0v) is 20.6. The summed E-state index contributed by atoms with van der Waals surface area (Å²) >= 11 is 0. The van der Waals surface area contributed by atoms with Crippen LogP contribution in [0.15, 0.2) is 46.3 Å². The second-order valence-electron chi connectivity index (χ2n) is 8.87. The van der Waals surface area contributed by atoms with Gasteiger partial charge in [-0.25, -0.2) is 0 Å². The number of ether oxygens (including phenoxy) is 2. The average Bonchev–Trinajstić information content (AvgIpc) is 2.76. The molecular weight excluding hydrogens is 420 g/mol. The van der Waals surface area contributed by atoms with Crippen LogP contribution in [0.4, 0.5) is 5.69 Å². The molecule has 0 aliphatic rings. The fourth-order valence-corrected chi connectivity index (χ4v) is 3.61. The topological polar surface area (TPSA) is 83.6 Å². The van der Waals surface area contributed by atoms with E-state index in [1.54, 1.807) is 13.1 Å². The van der Waals surface area contributed by atoms with E-state index in [2.05, 4.69) is 40.7 Å². The van der Waals surface area contributed by atoms with Crippen LogP contribution in [-0.2, 0) is 7.05 Å². The van der Waals surface area contributed by atoms with Crippen LogP contribution in [0.5, 0.6) is 11.5 Å². The Labute approximate surface area is 195 Å². The van der Waals surface area contributed by atoms with E-state index in [0.717, 1.165) is 25.7 Å². The Morgan fingerprint density at radius 3 is 2.55 bits per heavy atom. The maximum atomic E-state index is 13.1. The summed E-state index contributed by atoms with van der Waals surface area (Å²) in [6.07, 6.45) is 8.11. The van der Waals surface area contributed by atoms with Crippen molar-refractivity contribution in [2.45, 2.75) is 60.3 Å². The molecule has 1 unspecified atom stereocenters. The molecule has 1 aromatic carbocycles. The standard InChI is InChI=1S/C26H36N2O5/c1-7-9-20(5)17-33-25-24(32-15-14-19(4)11-8-10-18(2)3)22-13-12-21(28(30)31)16-23(22)27(6)26(25)29/h10,12-14,16,20H,7-9,11,15,17H2,1-6H3. The molecule has 0 saturated heterocycles. The fraction of sp³-hybridized carbons (Fsp3) is 0.500. The SMILES string of the molecule is CCCC(C)COc1c(OCC=C(C)CCC=C(C)C)c2ccc([N+](=O)[O-])cc2n(C)c1=O. The van der Waals surface area contributed by atoms with E-state index < -0.39 is 4.92 Å². The summed E-state index contributed by atoms with van der Waals surface area (Å²) in [7, 11) is 1.59. The molecule has 33 heavy (non-hydrogen) atoms. The highest BCUT2D eigenvalue weighted by atomic mass is 16.6. The first-order chi connectivity index (χ1) is 15.6. The smallest absolute Gasteiger partial charge is 0.297 e. The van der Waals surface area contributed by atoms with Gasteiger partial charge in [-0.15, -0.1) is 0 Å². The van der Waals surface area contributed by atoms with E-state index in [4.69, 9.17) is 9.47 Å². The second-order valence-corrected chi connectivity index (χ2v) is 8.87. The van der Waals surface area contributed by atoms with Crippen molar-refractivity contribution in [3.8, 4) is 11.5 Å². The number of hydrogen-bond acceptors (Lipinski definition) is 5. The Bertz CT molecular complexity index is 1090. The van der Waals surface area contributed by atoms with Crippen LogP contribution in [0.1, 0.15) is 60.3 Å². The quantitative estimate of drug-likeness (QED) is 0.212. The number of nitrogens with zero attached hydrogens (tertiary/aromatic N) is 2. The first kappa shape index (κ1) is 26.2. The Morgan fingerprint density at radius 1 is 1.18 bits per heavy atom. The number of hydrogen-bond donors (Lipinski definition) is 0. The van der Waals surface area contributed by atoms with Crippen LogP contribution in [-0.4, -0.2) is 22.7 Å². The number of pyridine rings is 1. The predicted molar refractivity (Wildman–Crippen MR) is 133 cm³/mol. The number of fused-ring (bicyclic) bond motifs is 1. The first-order valence-corrected chi connectivity index (χ1v) is 11.5. The Kier molecular flexibility index (Phi) is 9.70. The summed E-state index contributed by atoms with van der Waals surface area (Å²) in [4.78, 5) is 23.9. The minimum Gasteiger partial charge on any atom is -0.485 e. The fourth-order valence-electron chi connectivity index (χ4n) is 3.61. The highest BCUT2D eigenvalue weighted by Crippen LogP contribution is 2.34. The van der Waals surface area contributed by atoms with Gasteiger partial charge in [0.15, 0.2) is 5.75 Å². The van der Waals surface area contributed by atoms with Crippen molar-refractivity contribution in [1.29, 1.82) is 0 Å². The van der Waals surface area contributed by atoms with Gasteiger partial charge >= 0.3 is 0 Å². The lowest BCUT2D eigenvalue weighted by molar-refractivity contribution is -0.384. The van der Waals surface area contributed by atoms with E-state index in [-0.39, 0.29) is 29.5 Å². The molecule has 0 bridgehead atoms. The summed E-state index contributed by atoms with van der Waals surface area (Å²) < 4.78 is 13.4. The van der Waals surface area contributed by atoms with Crippen molar-refractivity contribution in [3.05, 3.63) is 62.0 Å². The van der Waals surface area contributed by atoms with E-state index in [1.807, 2.05) is 6.08 Å². The summed E-state index contributed by atoms with van der Waals surface area (Å²) in [6, 6.07) is 4.44. The third-order valence-electron chi connectivity index (χ3n) is 5.55. The van der Waals surface area contributed by atoms with Crippen molar-refractivity contribution in [2.75, 3.05) is 13.2 Å². The molecule has 0 fully saturated rings. The Hall–Kier alpha value is -3.09. The molecule has 0 aliphatic carbocycles. The highest BCUT2D eigenvalue weighted by molar-refractivity contribution is 5.89. The van der Waals surface area contributed by atoms with Gasteiger partial charge in [-0.1, -0.05) is 37.5 Å². The van der Waals surface area contributed by atoms with Gasteiger partial charge in [0.25, 0.3) is 11.2 Å². The molecule has 0 amide bonds. The number of nitro groups is 1. The summed E-state index contributed by atoms with van der Waals surface area (Å²) in [5, 5.41) is 11.9. The number of allylic oxidation sites excluding steroid dienone is 3. The molecule has 0 aliphatic heterocycles. The molecule has 1 atom stereocenters. The number of aromatic nitrogens is 1. The molecule has 0 spiro atoms. The molecule has 0 N–H and O–H groups in total. The van der Waals surface area contributed by atoms with Crippen molar-refractivity contribution in [2.24, 2.45) is 13.0 Å². The second kappa shape index (κ2) is 12.2. The van der Waals surface area contributed by atoms with Gasteiger partial charge in [-0.05, 0) is 58.1 Å². The molecule has 2 aromatic rings. The largest absolute Gasteiger partial charge is 0.485 e. The van der Waals surface area contributed by atoms with E-state index in [0.29, 0.717) is 23.3 Å². The summed E-state index contributed by atoms with van der Waals surface area (Å²) in [6.45, 7) is 11.1. The molecular formula is C26H36N2O5. The minimum atomic E-state index is -0.472. The maximum absolute atomic E-state index is 13.1. The monoisotopic (exact) mass is 456 g/mol. The van der Waals surface area contributed by atoms with Crippen LogP contribution < -0.4 is 15.0 Å². The number of non-ortho nitro benzene ring substituents is 1. The van der Waals surface area contributed by atoms with Crippen LogP contribution in [0.25, 0.3) is 10.9 Å². The van der Waals surface area contributed by atoms with Crippen LogP contribution in [0, 0.1) is 16.0 Å².